The SMILES string of the molecule is Cc1ccc(-c2ccc3c(c2)C(=O)Cc2ccccc2-3)cc1. The molecule has 0 atom stereocenters. The van der Waals surface area contributed by atoms with Gasteiger partial charge in [0.2, 0.25) is 0 Å². The molecule has 4 rings (SSSR count). The van der Waals surface area contributed by atoms with Crippen LogP contribution in [0, 0.1) is 6.92 Å². The van der Waals surface area contributed by atoms with Crippen molar-refractivity contribution in [1.29, 1.82) is 0 Å². The minimum Gasteiger partial charge on any atom is -0.294 e. The molecule has 1 aliphatic carbocycles. The minimum atomic E-state index is 0.211. The van der Waals surface area contributed by atoms with Crippen LogP contribution in [0.5, 0.6) is 0 Å². The van der Waals surface area contributed by atoms with Gasteiger partial charge in [0.05, 0.1) is 0 Å². The molecule has 1 heteroatoms. The average molecular weight is 284 g/mol. The second kappa shape index (κ2) is 4.96. The van der Waals surface area contributed by atoms with Crippen molar-refractivity contribution >= 4 is 5.78 Å². The zero-order valence-electron chi connectivity index (χ0n) is 12.5. The first-order chi connectivity index (χ1) is 10.7. The summed E-state index contributed by atoms with van der Waals surface area (Å²) in [6.45, 7) is 2.08. The van der Waals surface area contributed by atoms with Crippen molar-refractivity contribution in [2.45, 2.75) is 13.3 Å². The summed E-state index contributed by atoms with van der Waals surface area (Å²) in [6, 6.07) is 22.8. The van der Waals surface area contributed by atoms with Crippen molar-refractivity contribution in [3.8, 4) is 22.3 Å². The third-order valence-corrected chi connectivity index (χ3v) is 4.36. The molecule has 0 aliphatic heterocycles. The van der Waals surface area contributed by atoms with Gasteiger partial charge in [0, 0.05) is 12.0 Å². The molecule has 22 heavy (non-hydrogen) atoms. The Bertz CT molecular complexity index is 873. The lowest BCUT2D eigenvalue weighted by Gasteiger charge is -2.19. The van der Waals surface area contributed by atoms with Crippen molar-refractivity contribution < 1.29 is 4.79 Å². The van der Waals surface area contributed by atoms with Gasteiger partial charge < -0.3 is 0 Å². The molecule has 0 saturated carbocycles. The Morgan fingerprint density at radius 2 is 1.45 bits per heavy atom. The Hall–Kier alpha value is -2.67. The number of carbonyl (C=O) groups is 1. The molecule has 3 aromatic carbocycles. The summed E-state index contributed by atoms with van der Waals surface area (Å²) >= 11 is 0. The summed E-state index contributed by atoms with van der Waals surface area (Å²) in [6.07, 6.45) is 0.501. The Kier molecular flexibility index (Phi) is 2.93. The van der Waals surface area contributed by atoms with Crippen molar-refractivity contribution in [3.05, 3.63) is 83.4 Å². The molecular weight excluding hydrogens is 268 g/mol. The molecule has 0 heterocycles. The highest BCUT2D eigenvalue weighted by Crippen LogP contribution is 2.35. The fourth-order valence-electron chi connectivity index (χ4n) is 3.14. The monoisotopic (exact) mass is 284 g/mol. The van der Waals surface area contributed by atoms with E-state index in [1.54, 1.807) is 0 Å². The number of carbonyl (C=O) groups excluding carboxylic acids is 1. The number of benzene rings is 3. The summed E-state index contributed by atoms with van der Waals surface area (Å²) in [5.74, 6) is 0.211. The van der Waals surface area contributed by atoms with Crippen molar-refractivity contribution in [2.24, 2.45) is 0 Å². The fraction of sp³-hybridized carbons (Fsp3) is 0.0952. The number of fused-ring (bicyclic) bond motifs is 3. The van der Waals surface area contributed by atoms with Crippen molar-refractivity contribution in [3.63, 3.8) is 0 Å². The number of Topliss-reactive ketones (excluding diaryl/α,β-unsaturated/α-hetero) is 1. The molecule has 0 radical (unpaired) electrons. The van der Waals surface area contributed by atoms with E-state index in [-0.39, 0.29) is 5.78 Å². The average Bonchev–Trinajstić information content (AvgIpc) is 2.55. The van der Waals surface area contributed by atoms with Gasteiger partial charge in [0.1, 0.15) is 0 Å². The van der Waals surface area contributed by atoms with E-state index in [1.165, 1.54) is 11.1 Å². The lowest BCUT2D eigenvalue weighted by Crippen LogP contribution is -2.12. The van der Waals surface area contributed by atoms with Crippen LogP contribution >= 0.6 is 0 Å². The van der Waals surface area contributed by atoms with Crippen LogP contribution in [0.25, 0.3) is 22.3 Å². The first-order valence-corrected chi connectivity index (χ1v) is 7.55. The third-order valence-electron chi connectivity index (χ3n) is 4.36. The van der Waals surface area contributed by atoms with Gasteiger partial charge in [0.25, 0.3) is 0 Å². The fourth-order valence-corrected chi connectivity index (χ4v) is 3.14. The van der Waals surface area contributed by atoms with Gasteiger partial charge in [-0.15, -0.1) is 0 Å². The predicted molar refractivity (Wildman–Crippen MR) is 90.1 cm³/mol. The molecule has 1 aliphatic rings. The van der Waals surface area contributed by atoms with Crippen LogP contribution in [0.3, 0.4) is 0 Å². The van der Waals surface area contributed by atoms with Crippen LogP contribution in [0.15, 0.2) is 66.7 Å². The van der Waals surface area contributed by atoms with E-state index < -0.39 is 0 Å². The number of hydrogen-bond donors (Lipinski definition) is 0. The molecule has 0 unspecified atom stereocenters. The van der Waals surface area contributed by atoms with Gasteiger partial charge in [-0.2, -0.15) is 0 Å². The lowest BCUT2D eigenvalue weighted by atomic mass is 9.83. The standard InChI is InChI=1S/C21H16O/c1-14-6-8-15(9-7-14)16-10-11-19-18-5-3-2-4-17(18)13-21(22)20(19)12-16/h2-12H,13H2,1H3. The Morgan fingerprint density at radius 3 is 2.27 bits per heavy atom. The smallest absolute Gasteiger partial charge is 0.167 e. The first-order valence-electron chi connectivity index (χ1n) is 7.55. The van der Waals surface area contributed by atoms with Crippen LogP contribution in [-0.2, 0) is 6.42 Å². The molecule has 3 aromatic rings. The topological polar surface area (TPSA) is 17.1 Å². The van der Waals surface area contributed by atoms with E-state index in [4.69, 9.17) is 0 Å². The maximum Gasteiger partial charge on any atom is 0.167 e. The summed E-state index contributed by atoms with van der Waals surface area (Å²) < 4.78 is 0. The Morgan fingerprint density at radius 1 is 0.727 bits per heavy atom. The number of ketones is 1. The molecular formula is C21H16O. The van der Waals surface area contributed by atoms with Crippen LogP contribution in [0.4, 0.5) is 0 Å². The zero-order valence-corrected chi connectivity index (χ0v) is 12.5. The van der Waals surface area contributed by atoms with E-state index in [1.807, 2.05) is 24.3 Å². The molecule has 0 saturated heterocycles. The summed E-state index contributed by atoms with van der Waals surface area (Å²) in [7, 11) is 0. The first kappa shape index (κ1) is 13.0. The number of aryl methyl sites for hydroxylation is 1. The quantitative estimate of drug-likeness (QED) is 0.610. The predicted octanol–water partition coefficient (Wildman–Crippen LogP) is 5.07. The van der Waals surface area contributed by atoms with Crippen molar-refractivity contribution in [2.75, 3.05) is 0 Å². The Labute approximate surface area is 130 Å². The lowest BCUT2D eigenvalue weighted by molar-refractivity contribution is 0.0992. The van der Waals surface area contributed by atoms with Crippen LogP contribution in [0.1, 0.15) is 21.5 Å². The maximum absolute atomic E-state index is 12.5. The van der Waals surface area contributed by atoms with Gasteiger partial charge >= 0.3 is 0 Å². The van der Waals surface area contributed by atoms with E-state index in [0.717, 1.165) is 27.8 Å². The van der Waals surface area contributed by atoms with Crippen LogP contribution in [-0.4, -0.2) is 5.78 Å². The molecule has 106 valence electrons. The summed E-state index contributed by atoms with van der Waals surface area (Å²) in [5.41, 5.74) is 7.72. The van der Waals surface area contributed by atoms with E-state index in [2.05, 4.69) is 49.4 Å². The highest BCUT2D eigenvalue weighted by atomic mass is 16.1. The van der Waals surface area contributed by atoms with Crippen molar-refractivity contribution in [1.82, 2.24) is 0 Å². The number of hydrogen-bond acceptors (Lipinski definition) is 1. The largest absolute Gasteiger partial charge is 0.294 e. The highest BCUT2D eigenvalue weighted by molar-refractivity contribution is 6.08. The van der Waals surface area contributed by atoms with Crippen LogP contribution < -0.4 is 0 Å². The zero-order chi connectivity index (χ0) is 15.1. The van der Waals surface area contributed by atoms with Gasteiger partial charge in [-0.05, 0) is 40.8 Å². The maximum atomic E-state index is 12.5. The van der Waals surface area contributed by atoms with Gasteiger partial charge in [-0.25, -0.2) is 0 Å². The van der Waals surface area contributed by atoms with E-state index in [0.29, 0.717) is 6.42 Å². The molecule has 0 bridgehead atoms. The highest BCUT2D eigenvalue weighted by Gasteiger charge is 2.22. The second-order valence-electron chi connectivity index (χ2n) is 5.88. The summed E-state index contributed by atoms with van der Waals surface area (Å²) in [4.78, 5) is 12.5. The summed E-state index contributed by atoms with van der Waals surface area (Å²) in [5, 5.41) is 0. The molecule has 0 amide bonds. The molecule has 1 nitrogen and oxygen atoms in total. The Balaban J connectivity index is 1.87. The second-order valence-corrected chi connectivity index (χ2v) is 5.88. The van der Waals surface area contributed by atoms with Gasteiger partial charge in [-0.1, -0.05) is 66.2 Å². The van der Waals surface area contributed by atoms with Gasteiger partial charge in [-0.3, -0.25) is 4.79 Å². The molecule has 0 aromatic heterocycles. The molecule has 0 fully saturated rings. The van der Waals surface area contributed by atoms with Gasteiger partial charge in [0.15, 0.2) is 5.78 Å². The number of rotatable bonds is 1. The third kappa shape index (κ3) is 2.06. The molecule has 0 N–H and O–H groups in total. The molecule has 0 spiro atoms. The minimum absolute atomic E-state index is 0.211. The van der Waals surface area contributed by atoms with Crippen LogP contribution in [0.2, 0.25) is 0 Å². The normalized spacial score (nSPS) is 12.7. The van der Waals surface area contributed by atoms with E-state index >= 15 is 0 Å². The van der Waals surface area contributed by atoms with E-state index in [9.17, 15) is 4.79 Å².